The van der Waals surface area contributed by atoms with Gasteiger partial charge in [0.2, 0.25) is 0 Å². The summed E-state index contributed by atoms with van der Waals surface area (Å²) in [5, 5.41) is 0. The lowest BCUT2D eigenvalue weighted by molar-refractivity contribution is 0.670. The van der Waals surface area contributed by atoms with E-state index in [4.69, 9.17) is 17.3 Å². The number of hydrogen-bond acceptors (Lipinski definition) is 2. The van der Waals surface area contributed by atoms with Crippen molar-refractivity contribution in [3.63, 3.8) is 0 Å². The lowest BCUT2D eigenvalue weighted by atomic mass is 10.2. The van der Waals surface area contributed by atoms with Gasteiger partial charge in [0.25, 0.3) is 0 Å². The highest BCUT2D eigenvalue weighted by molar-refractivity contribution is 9.10. The van der Waals surface area contributed by atoms with E-state index >= 15 is 0 Å². The van der Waals surface area contributed by atoms with Gasteiger partial charge in [-0.3, -0.25) is 0 Å². The topological polar surface area (TPSA) is 26.0 Å². The summed E-state index contributed by atoms with van der Waals surface area (Å²) in [7, 11) is 0. The van der Waals surface area contributed by atoms with Gasteiger partial charge >= 0.3 is 0 Å². The Hall–Kier alpha value is 0.430. The summed E-state index contributed by atoms with van der Waals surface area (Å²) in [6, 6.07) is 2.33. The highest BCUT2D eigenvalue weighted by Gasteiger charge is 2.04. The Balaban J connectivity index is 2.53. The number of hydrogen-bond donors (Lipinski definition) is 1. The SMILES string of the molecule is C[C@@H](N)CCc1cc(Br)c(Cl)s1. The van der Waals surface area contributed by atoms with Crippen LogP contribution in [0.3, 0.4) is 0 Å². The first-order valence-electron chi connectivity index (χ1n) is 3.79. The first-order chi connectivity index (χ1) is 5.59. The van der Waals surface area contributed by atoms with E-state index in [1.54, 1.807) is 11.3 Å². The Morgan fingerprint density at radius 1 is 1.75 bits per heavy atom. The number of nitrogens with two attached hydrogens (primary N) is 1. The summed E-state index contributed by atoms with van der Waals surface area (Å²) in [6.45, 7) is 2.02. The van der Waals surface area contributed by atoms with Crippen LogP contribution in [0.25, 0.3) is 0 Å². The third kappa shape index (κ3) is 3.05. The van der Waals surface area contributed by atoms with Crippen LogP contribution >= 0.6 is 38.9 Å². The third-order valence-corrected chi connectivity index (χ3v) is 4.08. The lowest BCUT2D eigenvalue weighted by Gasteiger charge is -2.01. The minimum Gasteiger partial charge on any atom is -0.328 e. The van der Waals surface area contributed by atoms with Gasteiger partial charge in [0, 0.05) is 15.4 Å². The maximum absolute atomic E-state index is 5.89. The maximum Gasteiger partial charge on any atom is 0.107 e. The fraction of sp³-hybridized carbons (Fsp3) is 0.500. The van der Waals surface area contributed by atoms with Gasteiger partial charge in [-0.2, -0.15) is 0 Å². The van der Waals surface area contributed by atoms with Crippen LogP contribution < -0.4 is 5.73 Å². The van der Waals surface area contributed by atoms with Crippen molar-refractivity contribution in [2.75, 3.05) is 0 Å². The average Bonchev–Trinajstić information content (AvgIpc) is 2.28. The summed E-state index contributed by atoms with van der Waals surface area (Å²) >= 11 is 10.9. The van der Waals surface area contributed by atoms with Crippen molar-refractivity contribution < 1.29 is 0 Å². The predicted octanol–water partition coefficient (Wildman–Crippen LogP) is 3.44. The molecule has 1 atom stereocenters. The Morgan fingerprint density at radius 3 is 2.83 bits per heavy atom. The predicted molar refractivity (Wildman–Crippen MR) is 59.0 cm³/mol. The first kappa shape index (κ1) is 10.5. The summed E-state index contributed by atoms with van der Waals surface area (Å²) in [5.74, 6) is 0. The molecule has 0 aliphatic carbocycles. The molecule has 1 nitrogen and oxygen atoms in total. The minimum atomic E-state index is 0.268. The van der Waals surface area contributed by atoms with Gasteiger partial charge < -0.3 is 5.73 Å². The van der Waals surface area contributed by atoms with Gasteiger partial charge in [0.1, 0.15) is 4.34 Å². The molecule has 0 saturated heterocycles. The van der Waals surface area contributed by atoms with Crippen LogP contribution in [-0.4, -0.2) is 6.04 Å². The fourth-order valence-corrected chi connectivity index (χ4v) is 2.69. The Morgan fingerprint density at radius 2 is 2.42 bits per heavy atom. The van der Waals surface area contributed by atoms with Crippen molar-refractivity contribution in [2.24, 2.45) is 5.73 Å². The Bertz CT molecular complexity index is 240. The molecule has 0 aromatic carbocycles. The van der Waals surface area contributed by atoms with Crippen LogP contribution in [0, 0.1) is 0 Å². The van der Waals surface area contributed by atoms with Crippen LogP contribution in [-0.2, 0) is 6.42 Å². The molecule has 0 amide bonds. The van der Waals surface area contributed by atoms with Crippen molar-refractivity contribution in [3.05, 3.63) is 19.8 Å². The van der Waals surface area contributed by atoms with Crippen LogP contribution in [0.1, 0.15) is 18.2 Å². The molecule has 0 aliphatic rings. The molecule has 0 spiro atoms. The van der Waals surface area contributed by atoms with Crippen LogP contribution in [0.2, 0.25) is 4.34 Å². The van der Waals surface area contributed by atoms with Gasteiger partial charge in [-0.15, -0.1) is 11.3 Å². The Labute approximate surface area is 90.0 Å². The molecule has 68 valence electrons. The van der Waals surface area contributed by atoms with Crippen molar-refractivity contribution in [2.45, 2.75) is 25.8 Å². The second-order valence-electron chi connectivity index (χ2n) is 2.85. The molecule has 1 heterocycles. The van der Waals surface area contributed by atoms with Crippen LogP contribution in [0.4, 0.5) is 0 Å². The summed E-state index contributed by atoms with van der Waals surface area (Å²) < 4.78 is 1.82. The third-order valence-electron chi connectivity index (χ3n) is 1.54. The van der Waals surface area contributed by atoms with Crippen LogP contribution in [0.15, 0.2) is 10.5 Å². The number of rotatable bonds is 3. The molecule has 0 fully saturated rings. The van der Waals surface area contributed by atoms with E-state index in [2.05, 4.69) is 22.0 Å². The normalized spacial score (nSPS) is 13.3. The molecule has 0 radical (unpaired) electrons. The average molecular weight is 269 g/mol. The first-order valence-corrected chi connectivity index (χ1v) is 5.77. The molecule has 0 bridgehead atoms. The zero-order valence-electron chi connectivity index (χ0n) is 6.81. The fourth-order valence-electron chi connectivity index (χ4n) is 0.885. The standard InChI is InChI=1S/C8H11BrClNS/c1-5(11)2-3-6-4-7(9)8(10)12-6/h4-5H,2-3,11H2,1H3/t5-/m1/s1. The molecule has 0 saturated carbocycles. The molecule has 12 heavy (non-hydrogen) atoms. The number of thiophene rings is 1. The largest absolute Gasteiger partial charge is 0.328 e. The second-order valence-corrected chi connectivity index (χ2v) is 5.44. The molecule has 2 N–H and O–H groups in total. The zero-order valence-corrected chi connectivity index (χ0v) is 9.97. The Kier molecular flexibility index (Phi) is 4.03. The minimum absolute atomic E-state index is 0.268. The molecule has 0 aliphatic heterocycles. The van der Waals surface area contributed by atoms with Gasteiger partial charge in [0.05, 0.1) is 0 Å². The van der Waals surface area contributed by atoms with Gasteiger partial charge in [-0.25, -0.2) is 0 Å². The van der Waals surface area contributed by atoms with Crippen molar-refractivity contribution in [1.82, 2.24) is 0 Å². The molecule has 4 heteroatoms. The highest BCUT2D eigenvalue weighted by atomic mass is 79.9. The smallest absolute Gasteiger partial charge is 0.107 e. The van der Waals surface area contributed by atoms with E-state index in [9.17, 15) is 0 Å². The number of aryl methyl sites for hydroxylation is 1. The quantitative estimate of drug-likeness (QED) is 0.893. The molecule has 1 rings (SSSR count). The molecular formula is C8H11BrClNS. The monoisotopic (exact) mass is 267 g/mol. The summed E-state index contributed by atoms with van der Waals surface area (Å²) in [6.07, 6.45) is 2.04. The zero-order chi connectivity index (χ0) is 9.14. The maximum atomic E-state index is 5.89. The number of halogens is 2. The summed E-state index contributed by atoms with van der Waals surface area (Å²) in [4.78, 5) is 1.30. The van der Waals surface area contributed by atoms with E-state index in [-0.39, 0.29) is 6.04 Å². The van der Waals surface area contributed by atoms with E-state index in [1.165, 1.54) is 4.88 Å². The van der Waals surface area contributed by atoms with Crippen molar-refractivity contribution in [3.8, 4) is 0 Å². The van der Waals surface area contributed by atoms with Gasteiger partial charge in [-0.1, -0.05) is 11.6 Å². The molecular weight excluding hydrogens is 258 g/mol. The van der Waals surface area contributed by atoms with Crippen molar-refractivity contribution >= 4 is 38.9 Å². The van der Waals surface area contributed by atoms with Crippen molar-refractivity contribution in [1.29, 1.82) is 0 Å². The highest BCUT2D eigenvalue weighted by Crippen LogP contribution is 2.32. The van der Waals surface area contributed by atoms with E-state index in [0.717, 1.165) is 21.7 Å². The second kappa shape index (κ2) is 4.61. The van der Waals surface area contributed by atoms with Crippen LogP contribution in [0.5, 0.6) is 0 Å². The van der Waals surface area contributed by atoms with E-state index in [0.29, 0.717) is 0 Å². The lowest BCUT2D eigenvalue weighted by Crippen LogP contribution is -2.14. The molecule has 1 aromatic rings. The molecule has 0 unspecified atom stereocenters. The summed E-state index contributed by atoms with van der Waals surface area (Å²) in [5.41, 5.74) is 5.65. The van der Waals surface area contributed by atoms with Gasteiger partial charge in [0.15, 0.2) is 0 Å². The molecule has 1 aromatic heterocycles. The van der Waals surface area contributed by atoms with E-state index < -0.39 is 0 Å². The van der Waals surface area contributed by atoms with E-state index in [1.807, 2.05) is 6.92 Å². The van der Waals surface area contributed by atoms with Gasteiger partial charge in [-0.05, 0) is 41.8 Å².